The van der Waals surface area contributed by atoms with Gasteiger partial charge >= 0.3 is 0 Å². The van der Waals surface area contributed by atoms with Crippen LogP contribution in [-0.2, 0) is 12.8 Å². The van der Waals surface area contributed by atoms with E-state index in [1.807, 2.05) is 18.2 Å². The van der Waals surface area contributed by atoms with E-state index in [0.29, 0.717) is 0 Å². The van der Waals surface area contributed by atoms with E-state index in [1.54, 1.807) is 7.11 Å². The number of nitrogens with two attached hydrogens (primary N) is 1. The second-order valence-electron chi connectivity index (χ2n) is 5.56. The molecule has 3 heteroatoms. The quantitative estimate of drug-likeness (QED) is 0.880. The van der Waals surface area contributed by atoms with Crippen molar-refractivity contribution in [2.24, 2.45) is 5.73 Å². The number of aryl methyl sites for hydroxylation is 2. The molecule has 0 aromatic heterocycles. The molecule has 2 N–H and O–H groups in total. The van der Waals surface area contributed by atoms with Crippen LogP contribution in [0.2, 0.25) is 0 Å². The first kappa shape index (κ1) is 16.1. The van der Waals surface area contributed by atoms with Crippen LogP contribution in [0.1, 0.15) is 22.3 Å². The predicted molar refractivity (Wildman–Crippen MR) is 92.0 cm³/mol. The van der Waals surface area contributed by atoms with E-state index in [9.17, 15) is 0 Å². The van der Waals surface area contributed by atoms with Crippen LogP contribution in [0.25, 0.3) is 0 Å². The minimum atomic E-state index is 0.0916. The number of ether oxygens (including phenoxy) is 1. The highest BCUT2D eigenvalue weighted by molar-refractivity contribution is 9.10. The molecule has 0 aliphatic carbocycles. The number of benzene rings is 2. The van der Waals surface area contributed by atoms with E-state index in [4.69, 9.17) is 10.5 Å². The van der Waals surface area contributed by atoms with E-state index in [2.05, 4.69) is 48.0 Å². The van der Waals surface area contributed by atoms with Gasteiger partial charge in [0.2, 0.25) is 0 Å². The van der Waals surface area contributed by atoms with Gasteiger partial charge in [0.15, 0.2) is 0 Å². The molecule has 0 amide bonds. The van der Waals surface area contributed by atoms with Gasteiger partial charge in [0.1, 0.15) is 5.75 Å². The summed E-state index contributed by atoms with van der Waals surface area (Å²) in [7, 11) is 1.68. The smallest absolute Gasteiger partial charge is 0.119 e. The van der Waals surface area contributed by atoms with Crippen molar-refractivity contribution in [1.29, 1.82) is 0 Å². The van der Waals surface area contributed by atoms with E-state index in [-0.39, 0.29) is 6.04 Å². The Hall–Kier alpha value is -1.32. The lowest BCUT2D eigenvalue weighted by atomic mass is 9.95. The SMILES string of the molecule is COc1ccc(Br)c(CC(N)Cc2cc(C)ccc2C)c1. The molecule has 0 saturated carbocycles. The van der Waals surface area contributed by atoms with Crippen molar-refractivity contribution in [2.75, 3.05) is 7.11 Å². The van der Waals surface area contributed by atoms with Crippen LogP contribution in [-0.4, -0.2) is 13.2 Å². The Kier molecular flexibility index (Phi) is 5.43. The second-order valence-corrected chi connectivity index (χ2v) is 6.41. The van der Waals surface area contributed by atoms with Gasteiger partial charge < -0.3 is 10.5 Å². The lowest BCUT2D eigenvalue weighted by Crippen LogP contribution is -2.26. The monoisotopic (exact) mass is 347 g/mol. The van der Waals surface area contributed by atoms with E-state index >= 15 is 0 Å². The number of methoxy groups -OCH3 is 1. The Morgan fingerprint density at radius 1 is 1.05 bits per heavy atom. The van der Waals surface area contributed by atoms with E-state index in [0.717, 1.165) is 23.1 Å². The number of halogens is 1. The third-order valence-electron chi connectivity index (χ3n) is 3.72. The van der Waals surface area contributed by atoms with Crippen molar-refractivity contribution in [2.45, 2.75) is 32.7 Å². The highest BCUT2D eigenvalue weighted by Crippen LogP contribution is 2.24. The van der Waals surface area contributed by atoms with Crippen LogP contribution in [0, 0.1) is 13.8 Å². The first-order chi connectivity index (χ1) is 9.99. The zero-order chi connectivity index (χ0) is 15.4. The molecule has 0 fully saturated rings. The molecule has 0 radical (unpaired) electrons. The molecular formula is C18H22BrNO. The molecule has 112 valence electrons. The molecule has 2 rings (SSSR count). The van der Waals surface area contributed by atoms with Gasteiger partial charge in [-0.15, -0.1) is 0 Å². The van der Waals surface area contributed by atoms with Crippen LogP contribution in [0.15, 0.2) is 40.9 Å². The third kappa shape index (κ3) is 4.32. The van der Waals surface area contributed by atoms with Gasteiger partial charge in [-0.3, -0.25) is 0 Å². The molecule has 1 unspecified atom stereocenters. The minimum Gasteiger partial charge on any atom is -0.497 e. The zero-order valence-corrected chi connectivity index (χ0v) is 14.4. The third-order valence-corrected chi connectivity index (χ3v) is 4.50. The Balaban J connectivity index is 2.11. The van der Waals surface area contributed by atoms with Crippen molar-refractivity contribution in [3.05, 3.63) is 63.1 Å². The molecule has 0 heterocycles. The van der Waals surface area contributed by atoms with Gasteiger partial charge in [0.25, 0.3) is 0 Å². The molecule has 2 aromatic carbocycles. The Labute approximate surface area is 135 Å². The molecule has 0 aliphatic rings. The van der Waals surface area contributed by atoms with Crippen LogP contribution in [0.3, 0.4) is 0 Å². The first-order valence-corrected chi connectivity index (χ1v) is 7.93. The van der Waals surface area contributed by atoms with Gasteiger partial charge in [0.05, 0.1) is 7.11 Å². The van der Waals surface area contributed by atoms with Crippen LogP contribution < -0.4 is 10.5 Å². The summed E-state index contributed by atoms with van der Waals surface area (Å²) < 4.78 is 6.37. The molecule has 0 bridgehead atoms. The van der Waals surface area contributed by atoms with Gasteiger partial charge in [-0.2, -0.15) is 0 Å². The fourth-order valence-corrected chi connectivity index (χ4v) is 2.90. The average Bonchev–Trinajstić information content (AvgIpc) is 2.45. The first-order valence-electron chi connectivity index (χ1n) is 7.13. The molecule has 1 atom stereocenters. The molecule has 0 saturated heterocycles. The Bertz CT molecular complexity index is 625. The normalized spacial score (nSPS) is 12.2. The zero-order valence-electron chi connectivity index (χ0n) is 12.8. The van der Waals surface area contributed by atoms with Crippen molar-refractivity contribution in [3.8, 4) is 5.75 Å². The Morgan fingerprint density at radius 3 is 2.48 bits per heavy atom. The summed E-state index contributed by atoms with van der Waals surface area (Å²) in [5.41, 5.74) is 11.5. The molecule has 0 spiro atoms. The largest absolute Gasteiger partial charge is 0.497 e. The van der Waals surface area contributed by atoms with Gasteiger partial charge in [-0.25, -0.2) is 0 Å². The van der Waals surface area contributed by atoms with Crippen molar-refractivity contribution >= 4 is 15.9 Å². The summed E-state index contributed by atoms with van der Waals surface area (Å²) >= 11 is 3.59. The summed E-state index contributed by atoms with van der Waals surface area (Å²) in [5.74, 6) is 0.868. The number of hydrogen-bond donors (Lipinski definition) is 1. The second kappa shape index (κ2) is 7.10. The van der Waals surface area contributed by atoms with Crippen LogP contribution >= 0.6 is 15.9 Å². The molecule has 21 heavy (non-hydrogen) atoms. The molecular weight excluding hydrogens is 326 g/mol. The molecule has 2 nitrogen and oxygen atoms in total. The summed E-state index contributed by atoms with van der Waals surface area (Å²) in [6, 6.07) is 12.6. The summed E-state index contributed by atoms with van der Waals surface area (Å²) in [6.45, 7) is 4.26. The van der Waals surface area contributed by atoms with Gasteiger partial charge in [0, 0.05) is 10.5 Å². The number of hydrogen-bond acceptors (Lipinski definition) is 2. The minimum absolute atomic E-state index is 0.0916. The highest BCUT2D eigenvalue weighted by atomic mass is 79.9. The number of rotatable bonds is 5. The maximum atomic E-state index is 6.36. The van der Waals surface area contributed by atoms with Crippen molar-refractivity contribution in [3.63, 3.8) is 0 Å². The summed E-state index contributed by atoms with van der Waals surface area (Å²) in [4.78, 5) is 0. The van der Waals surface area contributed by atoms with E-state index in [1.165, 1.54) is 22.3 Å². The lowest BCUT2D eigenvalue weighted by molar-refractivity contribution is 0.414. The highest BCUT2D eigenvalue weighted by Gasteiger charge is 2.11. The van der Waals surface area contributed by atoms with Crippen molar-refractivity contribution in [1.82, 2.24) is 0 Å². The van der Waals surface area contributed by atoms with Crippen LogP contribution in [0.4, 0.5) is 0 Å². The summed E-state index contributed by atoms with van der Waals surface area (Å²) in [6.07, 6.45) is 1.71. The maximum absolute atomic E-state index is 6.36. The molecule has 2 aromatic rings. The fourth-order valence-electron chi connectivity index (χ4n) is 2.49. The van der Waals surface area contributed by atoms with Gasteiger partial charge in [-0.05, 0) is 61.6 Å². The predicted octanol–water partition coefficient (Wildman–Crippen LogP) is 4.19. The molecule has 0 aliphatic heterocycles. The summed E-state index contributed by atoms with van der Waals surface area (Å²) in [5, 5.41) is 0. The fraction of sp³-hybridized carbons (Fsp3) is 0.333. The van der Waals surface area contributed by atoms with Crippen molar-refractivity contribution < 1.29 is 4.74 Å². The lowest BCUT2D eigenvalue weighted by Gasteiger charge is -2.16. The maximum Gasteiger partial charge on any atom is 0.119 e. The van der Waals surface area contributed by atoms with E-state index < -0.39 is 0 Å². The Morgan fingerprint density at radius 2 is 1.76 bits per heavy atom. The average molecular weight is 348 g/mol. The topological polar surface area (TPSA) is 35.2 Å². The van der Waals surface area contributed by atoms with Crippen LogP contribution in [0.5, 0.6) is 5.75 Å². The standard InChI is InChI=1S/C18H22BrNO/c1-12-4-5-13(2)14(8-12)9-16(20)10-15-11-17(21-3)6-7-18(15)19/h4-8,11,16H,9-10,20H2,1-3H3. The van der Waals surface area contributed by atoms with Gasteiger partial charge in [-0.1, -0.05) is 39.7 Å².